The Bertz CT molecular complexity index is 171. The monoisotopic (exact) mass is 150 g/mol. The smallest absolute Gasteiger partial charge is 0.286 e. The minimum Gasteiger partial charge on any atom is -0.365 e. The van der Waals surface area contributed by atoms with E-state index in [-0.39, 0.29) is 6.42 Å². The Morgan fingerprint density at radius 2 is 2.40 bits per heavy atom. The molecule has 1 atom stereocenters. The van der Waals surface area contributed by atoms with E-state index in [1.165, 1.54) is 0 Å². The number of alkyl halides is 2. The Hall–Kier alpha value is -0.710. The highest BCUT2D eigenvalue weighted by Crippen LogP contribution is 2.21. The fourth-order valence-corrected chi connectivity index (χ4v) is 0.787. The van der Waals surface area contributed by atoms with Crippen LogP contribution in [0.25, 0.3) is 0 Å². The van der Waals surface area contributed by atoms with Gasteiger partial charge in [-0.2, -0.15) is 5.10 Å². The van der Waals surface area contributed by atoms with Crippen LogP contribution in [0.2, 0.25) is 0 Å². The maximum absolute atomic E-state index is 11.9. The second-order valence-electron chi connectivity index (χ2n) is 2.36. The van der Waals surface area contributed by atoms with Crippen LogP contribution < -0.4 is 5.43 Å². The average molecular weight is 150 g/mol. The van der Waals surface area contributed by atoms with Crippen LogP contribution in [0.15, 0.2) is 5.10 Å². The summed E-state index contributed by atoms with van der Waals surface area (Å²) in [4.78, 5) is 0. The Kier molecular flexibility index (Phi) is 1.60. The molecule has 0 aliphatic carbocycles. The van der Waals surface area contributed by atoms with E-state index < -0.39 is 12.2 Å². The Labute approximate surface area is 56.7 Å². The van der Waals surface area contributed by atoms with E-state index >= 15 is 0 Å². The number of hydrogen-bond acceptors (Lipinski definition) is 3. The third-order valence-corrected chi connectivity index (χ3v) is 1.33. The van der Waals surface area contributed by atoms with Gasteiger partial charge in [0, 0.05) is 12.1 Å². The lowest BCUT2D eigenvalue weighted by molar-refractivity contribution is -0.107. The van der Waals surface area contributed by atoms with Crippen LogP contribution in [-0.2, 0) is 0 Å². The highest BCUT2D eigenvalue weighted by Gasteiger charge is 2.41. The molecule has 0 fully saturated rings. The molecule has 0 spiro atoms. The van der Waals surface area contributed by atoms with E-state index in [0.29, 0.717) is 5.71 Å². The van der Waals surface area contributed by atoms with Crippen molar-refractivity contribution in [3.05, 3.63) is 0 Å². The van der Waals surface area contributed by atoms with Gasteiger partial charge in [0.05, 0.1) is 0 Å². The van der Waals surface area contributed by atoms with Crippen molar-refractivity contribution in [2.75, 3.05) is 0 Å². The molecule has 10 heavy (non-hydrogen) atoms. The molecule has 1 aliphatic rings. The molecule has 5 heteroatoms. The molecule has 2 N–H and O–H groups in total. The maximum atomic E-state index is 11.9. The molecule has 0 saturated carbocycles. The molecule has 0 aromatic rings. The van der Waals surface area contributed by atoms with Gasteiger partial charge in [-0.05, 0) is 6.92 Å². The molecular weight excluding hydrogens is 142 g/mol. The molecule has 0 aromatic heterocycles. The van der Waals surface area contributed by atoms with Gasteiger partial charge in [-0.3, -0.25) is 5.43 Å². The molecule has 0 saturated heterocycles. The van der Waals surface area contributed by atoms with Gasteiger partial charge in [0.25, 0.3) is 6.43 Å². The average Bonchev–Trinajstić information content (AvgIpc) is 2.13. The fraction of sp³-hybridized carbons (Fsp3) is 0.800. The molecule has 1 aliphatic heterocycles. The maximum Gasteiger partial charge on any atom is 0.286 e. The largest absolute Gasteiger partial charge is 0.365 e. The van der Waals surface area contributed by atoms with Crippen molar-refractivity contribution in [3.63, 3.8) is 0 Å². The van der Waals surface area contributed by atoms with Crippen LogP contribution in [0.3, 0.4) is 0 Å². The van der Waals surface area contributed by atoms with Crippen LogP contribution in [-0.4, -0.2) is 23.0 Å². The summed E-state index contributed by atoms with van der Waals surface area (Å²) < 4.78 is 23.8. The van der Waals surface area contributed by atoms with Crippen LogP contribution in [0, 0.1) is 0 Å². The van der Waals surface area contributed by atoms with Gasteiger partial charge in [-0.25, -0.2) is 8.78 Å². The predicted octanol–water partition coefficient (Wildman–Crippen LogP) is 0.309. The quantitative estimate of drug-likeness (QED) is 0.565. The molecule has 0 bridgehead atoms. The van der Waals surface area contributed by atoms with E-state index in [0.717, 1.165) is 0 Å². The van der Waals surface area contributed by atoms with Gasteiger partial charge in [0.1, 0.15) is 0 Å². The number of hydrogen-bond donors (Lipinski definition) is 2. The van der Waals surface area contributed by atoms with E-state index in [1.807, 2.05) is 5.43 Å². The minimum absolute atomic E-state index is 0.106. The van der Waals surface area contributed by atoms with Crippen molar-refractivity contribution in [2.24, 2.45) is 5.10 Å². The van der Waals surface area contributed by atoms with Crippen LogP contribution in [0.5, 0.6) is 0 Å². The van der Waals surface area contributed by atoms with Crippen molar-refractivity contribution in [2.45, 2.75) is 25.5 Å². The Morgan fingerprint density at radius 3 is 2.60 bits per heavy atom. The van der Waals surface area contributed by atoms with Gasteiger partial charge in [-0.15, -0.1) is 0 Å². The molecule has 58 valence electrons. The number of rotatable bonds is 1. The van der Waals surface area contributed by atoms with Gasteiger partial charge < -0.3 is 5.11 Å². The van der Waals surface area contributed by atoms with Crippen molar-refractivity contribution in [1.82, 2.24) is 5.43 Å². The Balaban J connectivity index is 2.61. The summed E-state index contributed by atoms with van der Waals surface area (Å²) in [7, 11) is 0. The first kappa shape index (κ1) is 7.40. The van der Waals surface area contributed by atoms with Crippen LogP contribution >= 0.6 is 0 Å². The van der Waals surface area contributed by atoms with Crippen molar-refractivity contribution in [3.8, 4) is 0 Å². The highest BCUT2D eigenvalue weighted by molar-refractivity contribution is 5.84. The van der Waals surface area contributed by atoms with Gasteiger partial charge >= 0.3 is 0 Å². The van der Waals surface area contributed by atoms with Gasteiger partial charge in [-0.1, -0.05) is 0 Å². The van der Waals surface area contributed by atoms with E-state index in [2.05, 4.69) is 5.10 Å². The summed E-state index contributed by atoms with van der Waals surface area (Å²) in [5, 5.41) is 12.4. The van der Waals surface area contributed by atoms with Crippen molar-refractivity contribution >= 4 is 5.71 Å². The third-order valence-electron chi connectivity index (χ3n) is 1.33. The second kappa shape index (κ2) is 2.16. The van der Waals surface area contributed by atoms with E-state index in [1.54, 1.807) is 6.92 Å². The lowest BCUT2D eigenvalue weighted by atomic mass is 10.1. The minimum atomic E-state index is -2.80. The van der Waals surface area contributed by atoms with Crippen LogP contribution in [0.4, 0.5) is 8.78 Å². The van der Waals surface area contributed by atoms with E-state index in [9.17, 15) is 8.78 Å². The molecule has 0 amide bonds. The van der Waals surface area contributed by atoms with E-state index in [4.69, 9.17) is 5.11 Å². The zero-order chi connectivity index (χ0) is 7.78. The molecule has 0 aromatic carbocycles. The number of halogens is 2. The molecular formula is C5H8F2N2O. The summed E-state index contributed by atoms with van der Waals surface area (Å²) >= 11 is 0. The first-order chi connectivity index (χ1) is 4.54. The highest BCUT2D eigenvalue weighted by atomic mass is 19.3. The first-order valence-corrected chi connectivity index (χ1v) is 2.85. The first-order valence-electron chi connectivity index (χ1n) is 2.85. The summed E-state index contributed by atoms with van der Waals surface area (Å²) in [6.07, 6.45) is -2.90. The molecule has 1 rings (SSSR count). The Morgan fingerprint density at radius 1 is 1.80 bits per heavy atom. The van der Waals surface area contributed by atoms with Gasteiger partial charge in [0.15, 0.2) is 0 Å². The molecule has 1 heterocycles. The standard InChI is InChI=1S/C5H8F2N2O/c1-3-2-5(10,4(6)7)9-8-3/h4,9-10H,2H2,1H3. The van der Waals surface area contributed by atoms with Crippen LogP contribution in [0.1, 0.15) is 13.3 Å². The van der Waals surface area contributed by atoms with Gasteiger partial charge in [0.2, 0.25) is 5.72 Å². The fourth-order valence-electron chi connectivity index (χ4n) is 0.787. The lowest BCUT2D eigenvalue weighted by Gasteiger charge is -2.19. The zero-order valence-electron chi connectivity index (χ0n) is 5.43. The number of aliphatic hydroxyl groups is 1. The number of nitrogens with one attached hydrogen (secondary N) is 1. The lowest BCUT2D eigenvalue weighted by Crippen LogP contribution is -2.45. The normalized spacial score (nSPS) is 32.3. The summed E-state index contributed by atoms with van der Waals surface area (Å²) in [5.41, 5.74) is 0.343. The predicted molar refractivity (Wildman–Crippen MR) is 31.8 cm³/mol. The molecule has 1 unspecified atom stereocenters. The van der Waals surface area contributed by atoms with Crippen molar-refractivity contribution < 1.29 is 13.9 Å². The second-order valence-corrected chi connectivity index (χ2v) is 2.36. The summed E-state index contributed by atoms with van der Waals surface area (Å²) in [5.74, 6) is 0. The molecule has 0 radical (unpaired) electrons. The summed E-state index contributed by atoms with van der Waals surface area (Å²) in [6, 6.07) is 0. The third kappa shape index (κ3) is 1.09. The number of nitrogens with zero attached hydrogens (tertiary/aromatic N) is 1. The topological polar surface area (TPSA) is 44.6 Å². The zero-order valence-corrected chi connectivity index (χ0v) is 5.43. The van der Waals surface area contributed by atoms with Crippen molar-refractivity contribution in [1.29, 1.82) is 0 Å². The molecule has 3 nitrogen and oxygen atoms in total. The number of hydrazone groups is 1. The SMILES string of the molecule is CC1=NNC(O)(C(F)F)C1. The summed E-state index contributed by atoms with van der Waals surface area (Å²) in [6.45, 7) is 1.58.